The average Bonchev–Trinajstić information content (AvgIpc) is 2.05. The Balaban J connectivity index is 1.90. The number of rotatable bonds is 2. The van der Waals surface area contributed by atoms with Crippen LogP contribution in [0.5, 0.6) is 0 Å². The quantitative estimate of drug-likeness (QED) is 0.721. The van der Waals surface area contributed by atoms with Gasteiger partial charge in [0.15, 0.2) is 0 Å². The second-order valence-electron chi connectivity index (χ2n) is 4.37. The van der Waals surface area contributed by atoms with Gasteiger partial charge in [-0.2, -0.15) is 0 Å². The molecule has 2 aliphatic rings. The van der Waals surface area contributed by atoms with E-state index in [2.05, 4.69) is 0 Å². The Morgan fingerprint density at radius 2 is 2.00 bits per heavy atom. The molecule has 0 bridgehead atoms. The van der Waals surface area contributed by atoms with E-state index in [1.54, 1.807) is 4.31 Å². The van der Waals surface area contributed by atoms with Crippen LogP contribution in [0.15, 0.2) is 0 Å². The number of hydrogen-bond acceptors (Lipinski definition) is 3. The first-order chi connectivity index (χ1) is 6.58. The molecule has 4 nitrogen and oxygen atoms in total. The molecular weight excluding hydrogens is 202 g/mol. The Labute approximate surface area is 85.0 Å². The molecule has 1 heterocycles. The zero-order valence-electron chi connectivity index (χ0n) is 8.22. The topological polar surface area (TPSA) is 57.6 Å². The third-order valence-corrected chi connectivity index (χ3v) is 5.05. The summed E-state index contributed by atoms with van der Waals surface area (Å²) in [6.45, 7) is 1.30. The van der Waals surface area contributed by atoms with Crippen LogP contribution in [0.3, 0.4) is 0 Å². The molecule has 82 valence electrons. The highest BCUT2D eigenvalue weighted by Crippen LogP contribution is 2.29. The highest BCUT2D eigenvalue weighted by molar-refractivity contribution is 7.89. The second-order valence-corrected chi connectivity index (χ2v) is 6.46. The van der Waals surface area contributed by atoms with E-state index in [1.807, 2.05) is 0 Å². The zero-order valence-corrected chi connectivity index (χ0v) is 9.04. The van der Waals surface area contributed by atoms with Crippen molar-refractivity contribution in [2.45, 2.75) is 31.8 Å². The maximum absolute atomic E-state index is 11.6. The van der Waals surface area contributed by atoms with Gasteiger partial charge in [-0.25, -0.2) is 12.7 Å². The molecule has 0 radical (unpaired) electrons. The molecule has 0 amide bonds. The summed E-state index contributed by atoms with van der Waals surface area (Å²) in [5.74, 6) is 0.695. The predicted octanol–water partition coefficient (Wildman–Crippen LogP) is 0.183. The average molecular weight is 219 g/mol. The van der Waals surface area contributed by atoms with Crippen LogP contribution in [0.25, 0.3) is 0 Å². The fourth-order valence-corrected chi connectivity index (χ4v) is 3.86. The van der Waals surface area contributed by atoms with Gasteiger partial charge < -0.3 is 5.11 Å². The number of aliphatic hydroxyl groups is 1. The minimum atomic E-state index is -2.96. The zero-order chi connectivity index (χ0) is 10.2. The molecule has 1 aliphatic heterocycles. The molecule has 0 aromatic heterocycles. The van der Waals surface area contributed by atoms with Crippen LogP contribution in [0.4, 0.5) is 0 Å². The Morgan fingerprint density at radius 1 is 1.29 bits per heavy atom. The molecule has 2 fully saturated rings. The smallest absolute Gasteiger partial charge is 0.214 e. The molecule has 0 atom stereocenters. The Hall–Kier alpha value is -0.130. The Kier molecular flexibility index (Phi) is 2.81. The summed E-state index contributed by atoms with van der Waals surface area (Å²) >= 11 is 0. The highest BCUT2D eigenvalue weighted by Gasteiger charge is 2.33. The molecule has 2 rings (SSSR count). The first-order valence-corrected chi connectivity index (χ1v) is 6.85. The van der Waals surface area contributed by atoms with Crippen LogP contribution in [0.2, 0.25) is 0 Å². The summed E-state index contributed by atoms with van der Waals surface area (Å²) in [7, 11) is -2.96. The molecule has 1 saturated heterocycles. The van der Waals surface area contributed by atoms with E-state index >= 15 is 0 Å². The molecule has 1 aliphatic carbocycles. The van der Waals surface area contributed by atoms with Crippen molar-refractivity contribution in [3.8, 4) is 0 Å². The lowest BCUT2D eigenvalue weighted by atomic mass is 9.82. The van der Waals surface area contributed by atoms with Gasteiger partial charge >= 0.3 is 0 Å². The Bertz CT molecular complexity index is 295. The largest absolute Gasteiger partial charge is 0.393 e. The lowest BCUT2D eigenvalue weighted by Crippen LogP contribution is -2.44. The fourth-order valence-electron chi connectivity index (χ4n) is 2.18. The summed E-state index contributed by atoms with van der Waals surface area (Å²) in [4.78, 5) is 0. The molecule has 1 N–H and O–H groups in total. The van der Waals surface area contributed by atoms with Crippen LogP contribution < -0.4 is 0 Å². The lowest BCUT2D eigenvalue weighted by molar-refractivity contribution is 0.0343. The lowest BCUT2D eigenvalue weighted by Gasteiger charge is -2.36. The van der Waals surface area contributed by atoms with Gasteiger partial charge in [0.1, 0.15) is 0 Å². The van der Waals surface area contributed by atoms with Crippen molar-refractivity contribution in [2.24, 2.45) is 5.92 Å². The minimum Gasteiger partial charge on any atom is -0.393 e. The highest BCUT2D eigenvalue weighted by atomic mass is 32.2. The van der Waals surface area contributed by atoms with Crippen LogP contribution in [0.1, 0.15) is 25.7 Å². The van der Waals surface area contributed by atoms with Crippen LogP contribution in [-0.2, 0) is 10.0 Å². The van der Waals surface area contributed by atoms with Gasteiger partial charge in [-0.05, 0) is 31.6 Å². The van der Waals surface area contributed by atoms with Crippen LogP contribution in [0, 0.1) is 5.92 Å². The second kappa shape index (κ2) is 3.79. The monoisotopic (exact) mass is 219 g/mol. The van der Waals surface area contributed by atoms with Gasteiger partial charge in [-0.15, -0.1) is 0 Å². The van der Waals surface area contributed by atoms with Gasteiger partial charge in [-0.1, -0.05) is 0 Å². The van der Waals surface area contributed by atoms with Gasteiger partial charge in [-0.3, -0.25) is 0 Å². The van der Waals surface area contributed by atoms with E-state index in [0.29, 0.717) is 24.8 Å². The van der Waals surface area contributed by atoms with E-state index in [9.17, 15) is 8.42 Å². The maximum atomic E-state index is 11.6. The molecule has 0 unspecified atom stereocenters. The molecule has 0 aromatic rings. The molecule has 0 spiro atoms. The number of sulfonamides is 1. The van der Waals surface area contributed by atoms with E-state index in [1.165, 1.54) is 0 Å². The molecule has 0 aromatic carbocycles. The SMILES string of the molecule is O=S1(=O)CCCCN1CC1CC(O)C1. The normalized spacial score (nSPS) is 37.8. The number of nitrogens with zero attached hydrogens (tertiary/aromatic N) is 1. The van der Waals surface area contributed by atoms with E-state index < -0.39 is 10.0 Å². The van der Waals surface area contributed by atoms with Crippen molar-refractivity contribution < 1.29 is 13.5 Å². The van der Waals surface area contributed by atoms with Gasteiger partial charge in [0, 0.05) is 13.1 Å². The van der Waals surface area contributed by atoms with E-state index in [4.69, 9.17) is 5.11 Å². The summed E-state index contributed by atoms with van der Waals surface area (Å²) in [5.41, 5.74) is 0. The van der Waals surface area contributed by atoms with Crippen molar-refractivity contribution in [3.63, 3.8) is 0 Å². The Morgan fingerprint density at radius 3 is 2.57 bits per heavy atom. The van der Waals surface area contributed by atoms with Crippen LogP contribution >= 0.6 is 0 Å². The number of hydrogen-bond donors (Lipinski definition) is 1. The minimum absolute atomic E-state index is 0.188. The summed E-state index contributed by atoms with van der Waals surface area (Å²) < 4.78 is 24.8. The summed E-state index contributed by atoms with van der Waals surface area (Å²) in [6.07, 6.45) is 3.13. The third-order valence-electron chi connectivity index (χ3n) is 3.13. The van der Waals surface area contributed by atoms with Crippen molar-refractivity contribution in [1.82, 2.24) is 4.31 Å². The standard InChI is InChI=1S/C9H17NO3S/c11-9-5-8(6-9)7-10-3-1-2-4-14(10,12)13/h8-9,11H,1-7H2. The first-order valence-electron chi connectivity index (χ1n) is 5.24. The van der Waals surface area contributed by atoms with Gasteiger partial charge in [0.05, 0.1) is 11.9 Å². The van der Waals surface area contributed by atoms with Crippen molar-refractivity contribution >= 4 is 10.0 Å². The maximum Gasteiger partial charge on any atom is 0.214 e. The van der Waals surface area contributed by atoms with E-state index in [0.717, 1.165) is 25.7 Å². The first kappa shape index (κ1) is 10.4. The third kappa shape index (κ3) is 2.10. The van der Waals surface area contributed by atoms with Crippen molar-refractivity contribution in [3.05, 3.63) is 0 Å². The summed E-state index contributed by atoms with van der Waals surface area (Å²) in [5, 5.41) is 9.11. The molecule has 5 heteroatoms. The molecule has 1 saturated carbocycles. The van der Waals surface area contributed by atoms with E-state index in [-0.39, 0.29) is 6.10 Å². The summed E-state index contributed by atoms with van der Waals surface area (Å²) in [6, 6.07) is 0. The molecular formula is C9H17NO3S. The predicted molar refractivity (Wildman–Crippen MR) is 53.3 cm³/mol. The van der Waals surface area contributed by atoms with Gasteiger partial charge in [0.2, 0.25) is 10.0 Å². The van der Waals surface area contributed by atoms with Crippen LogP contribution in [-0.4, -0.2) is 42.8 Å². The number of aliphatic hydroxyl groups excluding tert-OH is 1. The molecule has 14 heavy (non-hydrogen) atoms. The fraction of sp³-hybridized carbons (Fsp3) is 1.00. The van der Waals surface area contributed by atoms with Gasteiger partial charge in [0.25, 0.3) is 0 Å². The van der Waals surface area contributed by atoms with Crippen molar-refractivity contribution in [1.29, 1.82) is 0 Å². The van der Waals surface area contributed by atoms with Crippen molar-refractivity contribution in [2.75, 3.05) is 18.8 Å².